The first kappa shape index (κ1) is 14.2. The molecule has 5 nitrogen and oxygen atoms in total. The summed E-state index contributed by atoms with van der Waals surface area (Å²) in [7, 11) is 0. The Kier molecular flexibility index (Phi) is 3.32. The van der Waals surface area contributed by atoms with Crippen LogP contribution in [0.3, 0.4) is 0 Å². The summed E-state index contributed by atoms with van der Waals surface area (Å²) in [6.07, 6.45) is 1.35. The molecule has 1 aliphatic heterocycles. The number of halogens is 1. The third-order valence-electron chi connectivity index (χ3n) is 4.21. The Hall–Kier alpha value is -1.75. The van der Waals surface area contributed by atoms with Gasteiger partial charge in [-0.25, -0.2) is 4.79 Å². The number of aliphatic carboxylic acids is 1. The van der Waals surface area contributed by atoms with Gasteiger partial charge < -0.3 is 15.2 Å². The monoisotopic (exact) mass is 309 g/mol. The summed E-state index contributed by atoms with van der Waals surface area (Å²) in [5, 5.41) is 12.6. The predicted molar refractivity (Wildman–Crippen MR) is 76.5 cm³/mol. The van der Waals surface area contributed by atoms with Crippen molar-refractivity contribution in [3.05, 3.63) is 28.8 Å². The van der Waals surface area contributed by atoms with E-state index in [4.69, 9.17) is 16.3 Å². The number of ether oxygens (including phenoxy) is 1. The minimum Gasteiger partial charge on any atom is -0.480 e. The summed E-state index contributed by atoms with van der Waals surface area (Å²) in [6.45, 7) is 1.56. The van der Waals surface area contributed by atoms with Crippen LogP contribution in [0.15, 0.2) is 18.2 Å². The molecule has 0 saturated heterocycles. The van der Waals surface area contributed by atoms with E-state index in [2.05, 4.69) is 5.32 Å². The summed E-state index contributed by atoms with van der Waals surface area (Å²) >= 11 is 5.91. The molecule has 2 atom stereocenters. The lowest BCUT2D eigenvalue weighted by Gasteiger charge is -2.27. The van der Waals surface area contributed by atoms with Crippen LogP contribution in [-0.4, -0.2) is 28.6 Å². The number of carboxylic acid groups (broad SMARTS) is 1. The predicted octanol–water partition coefficient (Wildman–Crippen LogP) is 2.01. The first-order chi connectivity index (χ1) is 9.90. The van der Waals surface area contributed by atoms with Gasteiger partial charge in [0.1, 0.15) is 11.3 Å². The van der Waals surface area contributed by atoms with Crippen LogP contribution in [0, 0.1) is 5.92 Å². The molecule has 0 radical (unpaired) electrons. The number of benzene rings is 1. The van der Waals surface area contributed by atoms with Gasteiger partial charge in [-0.3, -0.25) is 4.79 Å². The molecule has 0 aromatic heterocycles. The summed E-state index contributed by atoms with van der Waals surface area (Å²) in [6, 6.07) is 5.19. The summed E-state index contributed by atoms with van der Waals surface area (Å²) in [4.78, 5) is 23.8. The molecule has 1 fully saturated rings. The standard InChI is InChI=1S/C15H16ClNO4/c1-15(14(19)20,9-2-3-9)17-13(18)12-7-8-6-10(16)4-5-11(8)21-12/h4-6,9,12H,2-3,7H2,1H3,(H,17,18)(H,19,20). The van der Waals surface area contributed by atoms with Crippen molar-refractivity contribution in [3.63, 3.8) is 0 Å². The van der Waals surface area contributed by atoms with E-state index >= 15 is 0 Å². The van der Waals surface area contributed by atoms with E-state index in [0.29, 0.717) is 17.2 Å². The number of rotatable bonds is 4. The van der Waals surface area contributed by atoms with Gasteiger partial charge in [-0.15, -0.1) is 0 Å². The minimum atomic E-state index is -1.22. The molecule has 1 aliphatic carbocycles. The van der Waals surface area contributed by atoms with E-state index in [-0.39, 0.29) is 11.8 Å². The summed E-state index contributed by atoms with van der Waals surface area (Å²) in [5.41, 5.74) is -0.349. The Morgan fingerprint density at radius 2 is 2.14 bits per heavy atom. The van der Waals surface area contributed by atoms with Crippen LogP contribution in [0.4, 0.5) is 0 Å². The average molecular weight is 310 g/mol. The zero-order chi connectivity index (χ0) is 15.2. The molecule has 6 heteroatoms. The first-order valence-corrected chi connectivity index (χ1v) is 7.28. The van der Waals surface area contributed by atoms with E-state index < -0.39 is 17.6 Å². The molecule has 2 aliphatic rings. The van der Waals surface area contributed by atoms with Crippen LogP contribution in [0.5, 0.6) is 5.75 Å². The lowest BCUT2D eigenvalue weighted by molar-refractivity contribution is -0.149. The van der Waals surface area contributed by atoms with Crippen LogP contribution in [0.1, 0.15) is 25.3 Å². The molecule has 3 rings (SSSR count). The van der Waals surface area contributed by atoms with Crippen molar-refractivity contribution in [2.45, 2.75) is 37.8 Å². The second kappa shape index (κ2) is 4.91. The maximum absolute atomic E-state index is 12.3. The molecule has 1 heterocycles. The van der Waals surface area contributed by atoms with Gasteiger partial charge in [0, 0.05) is 11.4 Å². The second-order valence-electron chi connectivity index (χ2n) is 5.83. The largest absolute Gasteiger partial charge is 0.480 e. The number of amides is 1. The average Bonchev–Trinajstić information content (AvgIpc) is 3.19. The van der Waals surface area contributed by atoms with Gasteiger partial charge in [-0.05, 0) is 49.4 Å². The van der Waals surface area contributed by atoms with Crippen molar-refractivity contribution in [1.82, 2.24) is 5.32 Å². The lowest BCUT2D eigenvalue weighted by Crippen LogP contribution is -2.57. The Morgan fingerprint density at radius 1 is 1.43 bits per heavy atom. The van der Waals surface area contributed by atoms with E-state index in [1.165, 1.54) is 0 Å². The smallest absolute Gasteiger partial charge is 0.329 e. The SMILES string of the molecule is CC(NC(=O)C1Cc2cc(Cl)ccc2O1)(C(=O)O)C1CC1. The number of carbonyl (C=O) groups is 2. The van der Waals surface area contributed by atoms with Crippen molar-refractivity contribution in [2.24, 2.45) is 5.92 Å². The zero-order valence-corrected chi connectivity index (χ0v) is 12.3. The Morgan fingerprint density at radius 3 is 2.76 bits per heavy atom. The van der Waals surface area contributed by atoms with Gasteiger partial charge in [0.2, 0.25) is 0 Å². The number of hydrogen-bond donors (Lipinski definition) is 2. The molecule has 1 aromatic rings. The third-order valence-corrected chi connectivity index (χ3v) is 4.45. The van der Waals surface area contributed by atoms with Crippen molar-refractivity contribution in [3.8, 4) is 5.75 Å². The molecule has 2 unspecified atom stereocenters. The molecule has 112 valence electrons. The highest BCUT2D eigenvalue weighted by Gasteiger charge is 2.49. The minimum absolute atomic E-state index is 0.00262. The van der Waals surface area contributed by atoms with Crippen molar-refractivity contribution < 1.29 is 19.4 Å². The topological polar surface area (TPSA) is 75.6 Å². The molecule has 0 bridgehead atoms. The number of fused-ring (bicyclic) bond motifs is 1. The fourth-order valence-electron chi connectivity index (χ4n) is 2.69. The van der Waals surface area contributed by atoms with Crippen molar-refractivity contribution >= 4 is 23.5 Å². The Balaban J connectivity index is 1.71. The van der Waals surface area contributed by atoms with E-state index in [1.807, 2.05) is 0 Å². The zero-order valence-electron chi connectivity index (χ0n) is 11.6. The Bertz CT molecular complexity index is 614. The number of nitrogens with one attached hydrogen (secondary N) is 1. The van der Waals surface area contributed by atoms with E-state index in [1.54, 1.807) is 25.1 Å². The molecule has 1 amide bonds. The number of carbonyl (C=O) groups excluding carboxylic acids is 1. The maximum atomic E-state index is 12.3. The lowest BCUT2D eigenvalue weighted by atomic mass is 9.95. The van der Waals surface area contributed by atoms with Crippen molar-refractivity contribution in [1.29, 1.82) is 0 Å². The normalized spacial score (nSPS) is 22.9. The van der Waals surface area contributed by atoms with E-state index in [0.717, 1.165) is 18.4 Å². The quantitative estimate of drug-likeness (QED) is 0.892. The van der Waals surface area contributed by atoms with Gasteiger partial charge >= 0.3 is 5.97 Å². The molecular formula is C15H16ClNO4. The molecular weight excluding hydrogens is 294 g/mol. The van der Waals surface area contributed by atoms with Gasteiger partial charge in [0.15, 0.2) is 6.10 Å². The molecule has 0 spiro atoms. The second-order valence-corrected chi connectivity index (χ2v) is 6.27. The first-order valence-electron chi connectivity index (χ1n) is 6.90. The summed E-state index contributed by atoms with van der Waals surface area (Å²) < 4.78 is 5.59. The summed E-state index contributed by atoms with van der Waals surface area (Å²) in [5.74, 6) is -0.767. The van der Waals surface area contributed by atoms with Gasteiger partial charge in [0.05, 0.1) is 0 Å². The maximum Gasteiger partial charge on any atom is 0.329 e. The van der Waals surface area contributed by atoms with Crippen molar-refractivity contribution in [2.75, 3.05) is 0 Å². The number of carboxylic acids is 1. The fourth-order valence-corrected chi connectivity index (χ4v) is 2.89. The highest BCUT2D eigenvalue weighted by molar-refractivity contribution is 6.30. The van der Waals surface area contributed by atoms with Crippen LogP contribution >= 0.6 is 11.6 Å². The molecule has 1 saturated carbocycles. The van der Waals surface area contributed by atoms with Crippen LogP contribution in [0.25, 0.3) is 0 Å². The highest BCUT2D eigenvalue weighted by atomic mass is 35.5. The van der Waals surface area contributed by atoms with Crippen LogP contribution in [-0.2, 0) is 16.0 Å². The Labute approximate surface area is 127 Å². The van der Waals surface area contributed by atoms with Gasteiger partial charge in [-0.2, -0.15) is 0 Å². The number of hydrogen-bond acceptors (Lipinski definition) is 3. The van der Waals surface area contributed by atoms with E-state index in [9.17, 15) is 14.7 Å². The van der Waals surface area contributed by atoms with Gasteiger partial charge in [0.25, 0.3) is 5.91 Å². The van der Waals surface area contributed by atoms with Gasteiger partial charge in [-0.1, -0.05) is 11.6 Å². The molecule has 1 aromatic carbocycles. The molecule has 2 N–H and O–H groups in total. The fraction of sp³-hybridized carbons (Fsp3) is 0.467. The molecule has 21 heavy (non-hydrogen) atoms. The van der Waals surface area contributed by atoms with Crippen LogP contribution < -0.4 is 10.1 Å². The van der Waals surface area contributed by atoms with Crippen LogP contribution in [0.2, 0.25) is 5.02 Å². The highest BCUT2D eigenvalue weighted by Crippen LogP contribution is 2.40. The third kappa shape index (κ3) is 2.58.